The van der Waals surface area contributed by atoms with Crippen LogP contribution in [-0.4, -0.2) is 30.6 Å². The van der Waals surface area contributed by atoms with Crippen LogP contribution in [0.5, 0.6) is 0 Å². The van der Waals surface area contributed by atoms with E-state index in [1.54, 1.807) is 0 Å². The predicted molar refractivity (Wildman–Crippen MR) is 90.7 cm³/mol. The number of rotatable bonds is 7. The van der Waals surface area contributed by atoms with Gasteiger partial charge in [-0.3, -0.25) is 4.79 Å². The summed E-state index contributed by atoms with van der Waals surface area (Å²) in [7, 11) is 0. The van der Waals surface area contributed by atoms with Crippen LogP contribution >= 0.6 is 22.9 Å². The van der Waals surface area contributed by atoms with E-state index in [9.17, 15) is 4.79 Å². The summed E-state index contributed by atoms with van der Waals surface area (Å²) in [6.45, 7) is 5.77. The minimum atomic E-state index is -0.0771. The van der Waals surface area contributed by atoms with E-state index in [1.165, 1.54) is 11.3 Å². The Labute approximate surface area is 139 Å². The average Bonchev–Trinajstić information content (AvgIpc) is 2.89. The maximum atomic E-state index is 12.2. The molecule has 2 aromatic rings. The van der Waals surface area contributed by atoms with E-state index >= 15 is 0 Å². The van der Waals surface area contributed by atoms with Crippen LogP contribution in [-0.2, 0) is 4.74 Å². The number of carbonyl (C=O) groups excluding carboxylic acids is 1. The summed E-state index contributed by atoms with van der Waals surface area (Å²) in [5, 5.41) is 4.41. The van der Waals surface area contributed by atoms with E-state index < -0.39 is 0 Å². The molecule has 1 N–H and O–H groups in total. The van der Waals surface area contributed by atoms with Crippen molar-refractivity contribution in [1.29, 1.82) is 0 Å². The standard InChI is InChI=1S/C16H19ClN2O2S/c1-3-21-10-4-9-18-15(20)14-11(2)19-16(22-14)12-5-7-13(17)8-6-12/h5-8H,3-4,9-10H2,1-2H3,(H,18,20). The zero-order chi connectivity index (χ0) is 15.9. The third-order valence-corrected chi connectivity index (χ3v) is 4.51. The summed E-state index contributed by atoms with van der Waals surface area (Å²) < 4.78 is 5.24. The topological polar surface area (TPSA) is 51.2 Å². The lowest BCUT2D eigenvalue weighted by atomic mass is 10.2. The van der Waals surface area contributed by atoms with Gasteiger partial charge in [-0.1, -0.05) is 23.7 Å². The highest BCUT2D eigenvalue weighted by Gasteiger charge is 2.15. The van der Waals surface area contributed by atoms with Crippen LogP contribution in [0.3, 0.4) is 0 Å². The van der Waals surface area contributed by atoms with Crippen LogP contribution in [0, 0.1) is 6.92 Å². The Morgan fingerprint density at radius 2 is 2.09 bits per heavy atom. The molecule has 4 nitrogen and oxygen atoms in total. The lowest BCUT2D eigenvalue weighted by molar-refractivity contribution is 0.0947. The third kappa shape index (κ3) is 4.53. The van der Waals surface area contributed by atoms with Gasteiger partial charge in [-0.15, -0.1) is 11.3 Å². The molecule has 0 unspecified atom stereocenters. The molecule has 0 radical (unpaired) electrons. The van der Waals surface area contributed by atoms with Gasteiger partial charge >= 0.3 is 0 Å². The minimum absolute atomic E-state index is 0.0771. The van der Waals surface area contributed by atoms with E-state index in [4.69, 9.17) is 16.3 Å². The molecular formula is C16H19ClN2O2S. The van der Waals surface area contributed by atoms with Crippen molar-refractivity contribution in [1.82, 2.24) is 10.3 Å². The highest BCUT2D eigenvalue weighted by Crippen LogP contribution is 2.28. The molecular weight excluding hydrogens is 320 g/mol. The lowest BCUT2D eigenvalue weighted by Crippen LogP contribution is -2.25. The molecule has 0 spiro atoms. The molecule has 1 heterocycles. The smallest absolute Gasteiger partial charge is 0.263 e. The van der Waals surface area contributed by atoms with Crippen molar-refractivity contribution in [3.8, 4) is 10.6 Å². The molecule has 22 heavy (non-hydrogen) atoms. The minimum Gasteiger partial charge on any atom is -0.382 e. The number of amides is 1. The quantitative estimate of drug-likeness (QED) is 0.778. The van der Waals surface area contributed by atoms with Gasteiger partial charge in [0.1, 0.15) is 9.88 Å². The number of aryl methyl sites for hydroxylation is 1. The zero-order valence-electron chi connectivity index (χ0n) is 12.7. The van der Waals surface area contributed by atoms with Gasteiger partial charge in [-0.25, -0.2) is 4.98 Å². The summed E-state index contributed by atoms with van der Waals surface area (Å²) in [5.41, 5.74) is 1.71. The number of benzene rings is 1. The molecule has 0 bridgehead atoms. The van der Waals surface area contributed by atoms with Crippen molar-refractivity contribution in [2.75, 3.05) is 19.8 Å². The number of hydrogen-bond acceptors (Lipinski definition) is 4. The Morgan fingerprint density at radius 3 is 2.77 bits per heavy atom. The van der Waals surface area contributed by atoms with Gasteiger partial charge in [0.15, 0.2) is 0 Å². The molecule has 0 saturated carbocycles. The SMILES string of the molecule is CCOCCCNC(=O)c1sc(-c2ccc(Cl)cc2)nc1C. The molecule has 118 valence electrons. The molecule has 1 amide bonds. The summed E-state index contributed by atoms with van der Waals surface area (Å²) in [4.78, 5) is 17.3. The van der Waals surface area contributed by atoms with E-state index in [-0.39, 0.29) is 5.91 Å². The Kier molecular flexibility index (Phi) is 6.36. The van der Waals surface area contributed by atoms with Gasteiger partial charge in [0.05, 0.1) is 5.69 Å². The van der Waals surface area contributed by atoms with Gasteiger partial charge in [0.2, 0.25) is 0 Å². The lowest BCUT2D eigenvalue weighted by Gasteiger charge is -2.04. The first kappa shape index (κ1) is 16.9. The maximum absolute atomic E-state index is 12.2. The van der Waals surface area contributed by atoms with Crippen molar-refractivity contribution in [3.63, 3.8) is 0 Å². The molecule has 0 aliphatic rings. The Morgan fingerprint density at radius 1 is 1.36 bits per heavy atom. The zero-order valence-corrected chi connectivity index (χ0v) is 14.3. The van der Waals surface area contributed by atoms with E-state index in [0.717, 1.165) is 22.7 Å². The Bertz CT molecular complexity index is 626. The molecule has 0 aliphatic carbocycles. The van der Waals surface area contributed by atoms with Crippen molar-refractivity contribution >= 4 is 28.8 Å². The number of nitrogens with zero attached hydrogens (tertiary/aromatic N) is 1. The number of aromatic nitrogens is 1. The second kappa shape index (κ2) is 8.27. The van der Waals surface area contributed by atoms with Crippen LogP contribution in [0.15, 0.2) is 24.3 Å². The number of halogens is 1. The van der Waals surface area contributed by atoms with E-state index in [0.29, 0.717) is 29.7 Å². The molecule has 0 aliphatic heterocycles. The fourth-order valence-corrected chi connectivity index (χ4v) is 3.04. The van der Waals surface area contributed by atoms with Gasteiger partial charge in [-0.2, -0.15) is 0 Å². The second-order valence-corrected chi connectivity index (χ2v) is 6.18. The first-order valence-electron chi connectivity index (χ1n) is 7.21. The first-order valence-corrected chi connectivity index (χ1v) is 8.40. The van der Waals surface area contributed by atoms with Crippen molar-refractivity contribution in [3.05, 3.63) is 39.9 Å². The van der Waals surface area contributed by atoms with Gasteiger partial charge < -0.3 is 10.1 Å². The van der Waals surface area contributed by atoms with Crippen LogP contribution in [0.2, 0.25) is 5.02 Å². The number of ether oxygens (including phenoxy) is 1. The fraction of sp³-hybridized carbons (Fsp3) is 0.375. The van der Waals surface area contributed by atoms with Gasteiger partial charge in [0, 0.05) is 30.3 Å². The molecule has 1 aromatic heterocycles. The third-order valence-electron chi connectivity index (χ3n) is 3.05. The largest absolute Gasteiger partial charge is 0.382 e. The summed E-state index contributed by atoms with van der Waals surface area (Å²) in [5.74, 6) is -0.0771. The summed E-state index contributed by atoms with van der Waals surface area (Å²) in [6.07, 6.45) is 0.807. The summed E-state index contributed by atoms with van der Waals surface area (Å²) >= 11 is 7.29. The molecule has 2 rings (SSSR count). The first-order chi connectivity index (χ1) is 10.6. The molecule has 0 saturated heterocycles. The molecule has 0 atom stereocenters. The molecule has 6 heteroatoms. The van der Waals surface area contributed by atoms with Crippen molar-refractivity contribution in [2.45, 2.75) is 20.3 Å². The normalized spacial score (nSPS) is 10.7. The van der Waals surface area contributed by atoms with Gasteiger partial charge in [-0.05, 0) is 32.4 Å². The van der Waals surface area contributed by atoms with Crippen molar-refractivity contribution < 1.29 is 9.53 Å². The Hall–Kier alpha value is -1.43. The predicted octanol–water partition coefficient (Wildman–Crippen LogP) is 3.93. The number of hydrogen-bond donors (Lipinski definition) is 1. The van der Waals surface area contributed by atoms with E-state index in [1.807, 2.05) is 38.1 Å². The number of thiazole rings is 1. The average molecular weight is 339 g/mol. The molecule has 1 aromatic carbocycles. The molecule has 0 fully saturated rings. The summed E-state index contributed by atoms with van der Waals surface area (Å²) in [6, 6.07) is 7.46. The van der Waals surface area contributed by atoms with Crippen LogP contribution in [0.25, 0.3) is 10.6 Å². The second-order valence-electron chi connectivity index (χ2n) is 4.75. The highest BCUT2D eigenvalue weighted by molar-refractivity contribution is 7.17. The Balaban J connectivity index is 2.00. The maximum Gasteiger partial charge on any atom is 0.263 e. The van der Waals surface area contributed by atoms with Crippen LogP contribution in [0.4, 0.5) is 0 Å². The van der Waals surface area contributed by atoms with Crippen LogP contribution < -0.4 is 5.32 Å². The van der Waals surface area contributed by atoms with E-state index in [2.05, 4.69) is 10.3 Å². The van der Waals surface area contributed by atoms with Crippen molar-refractivity contribution in [2.24, 2.45) is 0 Å². The number of nitrogens with one attached hydrogen (secondary N) is 1. The fourth-order valence-electron chi connectivity index (χ4n) is 1.92. The number of carbonyl (C=O) groups is 1. The monoisotopic (exact) mass is 338 g/mol. The highest BCUT2D eigenvalue weighted by atomic mass is 35.5. The van der Waals surface area contributed by atoms with Gasteiger partial charge in [0.25, 0.3) is 5.91 Å². The van der Waals surface area contributed by atoms with Crippen LogP contribution in [0.1, 0.15) is 28.7 Å².